The number of aromatic amines is 1. The number of hydrogen-bond acceptors (Lipinski definition) is 6. The first-order valence-corrected chi connectivity index (χ1v) is 7.05. The second-order valence-electron chi connectivity index (χ2n) is 5.70. The van der Waals surface area contributed by atoms with Crippen LogP contribution in [0.3, 0.4) is 0 Å². The molecule has 0 radical (unpaired) electrons. The number of aliphatic hydroxyl groups is 1. The molecule has 21 heavy (non-hydrogen) atoms. The van der Waals surface area contributed by atoms with Crippen molar-refractivity contribution >= 4 is 11.8 Å². The zero-order chi connectivity index (χ0) is 15.0. The van der Waals surface area contributed by atoms with Gasteiger partial charge in [-0.15, -0.1) is 0 Å². The van der Waals surface area contributed by atoms with E-state index in [1.54, 1.807) is 6.20 Å². The van der Waals surface area contributed by atoms with E-state index in [4.69, 9.17) is 5.73 Å². The number of aliphatic hydroxyl groups excluding tert-OH is 1. The lowest BCUT2D eigenvalue weighted by atomic mass is 9.80. The van der Waals surface area contributed by atoms with E-state index in [-0.39, 0.29) is 18.0 Å². The first kappa shape index (κ1) is 13.8. The van der Waals surface area contributed by atoms with Crippen LogP contribution in [0.25, 0.3) is 0 Å². The monoisotopic (exact) mass is 288 g/mol. The zero-order valence-corrected chi connectivity index (χ0v) is 12.2. The highest BCUT2D eigenvalue weighted by molar-refractivity contribution is 5.44. The third-order valence-electron chi connectivity index (χ3n) is 3.81. The van der Waals surface area contributed by atoms with E-state index < -0.39 is 0 Å². The smallest absolute Gasteiger partial charge is 0.222 e. The fraction of sp³-hybridized carbons (Fsp3) is 0.500. The highest BCUT2D eigenvalue weighted by Crippen LogP contribution is 2.36. The number of rotatable bonds is 4. The van der Waals surface area contributed by atoms with Crippen LogP contribution < -0.4 is 10.6 Å². The summed E-state index contributed by atoms with van der Waals surface area (Å²) in [5.74, 6) is 2.20. The molecule has 0 spiro atoms. The Kier molecular flexibility index (Phi) is 3.50. The Labute approximate surface area is 123 Å². The number of nitrogens with two attached hydrogens (primary N) is 1. The second-order valence-corrected chi connectivity index (χ2v) is 5.70. The van der Waals surface area contributed by atoms with Gasteiger partial charge in [-0.1, -0.05) is 0 Å². The van der Waals surface area contributed by atoms with E-state index in [1.807, 2.05) is 24.9 Å². The molecule has 0 unspecified atom stereocenters. The van der Waals surface area contributed by atoms with Crippen LogP contribution >= 0.6 is 0 Å². The third-order valence-corrected chi connectivity index (χ3v) is 3.81. The number of nitrogen functional groups attached to an aromatic ring is 1. The molecule has 2 aromatic heterocycles. The minimum absolute atomic E-state index is 0.210. The molecule has 1 saturated carbocycles. The van der Waals surface area contributed by atoms with Crippen molar-refractivity contribution in [2.75, 3.05) is 17.7 Å². The Morgan fingerprint density at radius 1 is 1.43 bits per heavy atom. The topological polar surface area (TPSA) is 104 Å². The molecule has 112 valence electrons. The highest BCUT2D eigenvalue weighted by Gasteiger charge is 2.30. The average molecular weight is 288 g/mol. The van der Waals surface area contributed by atoms with Crippen molar-refractivity contribution < 1.29 is 5.11 Å². The number of hydrogen-bond donors (Lipinski definition) is 3. The number of aromatic nitrogens is 4. The van der Waals surface area contributed by atoms with Gasteiger partial charge in [0.2, 0.25) is 5.95 Å². The normalized spacial score (nSPS) is 21.1. The predicted octanol–water partition coefficient (Wildman–Crippen LogP) is 0.965. The molecule has 7 heteroatoms. The average Bonchev–Trinajstić information content (AvgIpc) is 2.79. The Morgan fingerprint density at radius 3 is 2.81 bits per heavy atom. The van der Waals surface area contributed by atoms with Crippen LogP contribution in [-0.4, -0.2) is 38.2 Å². The fourth-order valence-electron chi connectivity index (χ4n) is 2.56. The standard InChI is InChI=1S/C14H20N6O/c1-8-6-16-12(17-8)7-20(2)13-5-11(18-14(15)19-13)9-3-10(21)4-9/h5-6,9-10,21H,3-4,7H2,1-2H3,(H,16,17)(H2,15,18,19). The van der Waals surface area contributed by atoms with Gasteiger partial charge in [0.15, 0.2) is 0 Å². The van der Waals surface area contributed by atoms with Crippen LogP contribution in [0.5, 0.6) is 0 Å². The summed E-state index contributed by atoms with van der Waals surface area (Å²) in [4.78, 5) is 18.0. The summed E-state index contributed by atoms with van der Waals surface area (Å²) >= 11 is 0. The lowest BCUT2D eigenvalue weighted by Gasteiger charge is -2.31. The maximum absolute atomic E-state index is 9.43. The van der Waals surface area contributed by atoms with Crippen molar-refractivity contribution in [3.05, 3.63) is 29.5 Å². The first-order valence-electron chi connectivity index (χ1n) is 7.05. The molecule has 0 atom stereocenters. The summed E-state index contributed by atoms with van der Waals surface area (Å²) in [6.07, 6.45) is 3.09. The molecule has 0 amide bonds. The molecule has 3 rings (SSSR count). The van der Waals surface area contributed by atoms with Gasteiger partial charge in [-0.2, -0.15) is 4.98 Å². The van der Waals surface area contributed by atoms with E-state index in [2.05, 4.69) is 19.9 Å². The molecule has 7 nitrogen and oxygen atoms in total. The third kappa shape index (κ3) is 2.97. The van der Waals surface area contributed by atoms with Gasteiger partial charge in [-0.25, -0.2) is 9.97 Å². The molecule has 1 fully saturated rings. The molecule has 1 aliphatic rings. The molecule has 0 saturated heterocycles. The molecule has 0 bridgehead atoms. The Bertz CT molecular complexity index is 634. The maximum atomic E-state index is 9.43. The van der Waals surface area contributed by atoms with Gasteiger partial charge in [0.1, 0.15) is 11.6 Å². The number of H-pyrrole nitrogens is 1. The van der Waals surface area contributed by atoms with Crippen molar-refractivity contribution in [2.24, 2.45) is 0 Å². The Balaban J connectivity index is 1.77. The molecule has 2 heterocycles. The second kappa shape index (κ2) is 5.33. The molecule has 0 aliphatic heterocycles. The van der Waals surface area contributed by atoms with Gasteiger partial charge in [-0.3, -0.25) is 0 Å². The molecular formula is C14H20N6O. The summed E-state index contributed by atoms with van der Waals surface area (Å²) in [5.41, 5.74) is 7.75. The molecule has 1 aliphatic carbocycles. The van der Waals surface area contributed by atoms with E-state index in [9.17, 15) is 5.11 Å². The maximum Gasteiger partial charge on any atom is 0.222 e. The van der Waals surface area contributed by atoms with Crippen LogP contribution in [0.1, 0.15) is 36.0 Å². The summed E-state index contributed by atoms with van der Waals surface area (Å²) in [5, 5.41) is 9.43. The molecule has 2 aromatic rings. The van der Waals surface area contributed by atoms with Crippen LogP contribution in [0, 0.1) is 6.92 Å². The minimum atomic E-state index is -0.210. The van der Waals surface area contributed by atoms with Gasteiger partial charge in [0.05, 0.1) is 18.3 Å². The van der Waals surface area contributed by atoms with Crippen LogP contribution in [-0.2, 0) is 6.54 Å². The van der Waals surface area contributed by atoms with Crippen molar-refractivity contribution in [3.63, 3.8) is 0 Å². The predicted molar refractivity (Wildman–Crippen MR) is 79.9 cm³/mol. The number of imidazole rings is 1. The highest BCUT2D eigenvalue weighted by atomic mass is 16.3. The summed E-state index contributed by atoms with van der Waals surface area (Å²) in [6.45, 7) is 2.59. The summed E-state index contributed by atoms with van der Waals surface area (Å²) in [6, 6.07) is 1.95. The van der Waals surface area contributed by atoms with Gasteiger partial charge >= 0.3 is 0 Å². The molecule has 4 N–H and O–H groups in total. The summed E-state index contributed by atoms with van der Waals surface area (Å²) in [7, 11) is 1.94. The SMILES string of the molecule is Cc1cnc(CN(C)c2cc(C3CC(O)C3)nc(N)n2)[nH]1. The van der Waals surface area contributed by atoms with Gasteiger partial charge < -0.3 is 20.7 Å². The van der Waals surface area contributed by atoms with Crippen molar-refractivity contribution in [3.8, 4) is 0 Å². The number of nitrogens with one attached hydrogen (secondary N) is 1. The van der Waals surface area contributed by atoms with E-state index in [1.165, 1.54) is 0 Å². The summed E-state index contributed by atoms with van der Waals surface area (Å²) < 4.78 is 0. The fourth-order valence-corrected chi connectivity index (χ4v) is 2.56. The van der Waals surface area contributed by atoms with Crippen LogP contribution in [0.4, 0.5) is 11.8 Å². The number of nitrogens with zero attached hydrogens (tertiary/aromatic N) is 4. The lowest BCUT2D eigenvalue weighted by molar-refractivity contribution is 0.0732. The molecule has 0 aromatic carbocycles. The minimum Gasteiger partial charge on any atom is -0.393 e. The largest absolute Gasteiger partial charge is 0.393 e. The number of aryl methyl sites for hydroxylation is 1. The van der Waals surface area contributed by atoms with Gasteiger partial charge in [0, 0.05) is 30.9 Å². The van der Waals surface area contributed by atoms with Gasteiger partial charge in [-0.05, 0) is 19.8 Å². The van der Waals surface area contributed by atoms with Crippen molar-refractivity contribution in [2.45, 2.75) is 38.3 Å². The van der Waals surface area contributed by atoms with Crippen LogP contribution in [0.15, 0.2) is 12.3 Å². The van der Waals surface area contributed by atoms with Crippen molar-refractivity contribution in [1.82, 2.24) is 19.9 Å². The Hall–Kier alpha value is -2.15. The lowest BCUT2D eigenvalue weighted by Crippen LogP contribution is -2.28. The van der Waals surface area contributed by atoms with Crippen molar-refractivity contribution in [1.29, 1.82) is 0 Å². The van der Waals surface area contributed by atoms with E-state index >= 15 is 0 Å². The van der Waals surface area contributed by atoms with Gasteiger partial charge in [0.25, 0.3) is 0 Å². The van der Waals surface area contributed by atoms with E-state index in [0.29, 0.717) is 6.54 Å². The number of anilines is 2. The quantitative estimate of drug-likeness (QED) is 0.774. The van der Waals surface area contributed by atoms with E-state index in [0.717, 1.165) is 35.9 Å². The zero-order valence-electron chi connectivity index (χ0n) is 12.2. The van der Waals surface area contributed by atoms with Crippen LogP contribution in [0.2, 0.25) is 0 Å². The Morgan fingerprint density at radius 2 is 2.19 bits per heavy atom. The molecular weight excluding hydrogens is 268 g/mol. The first-order chi connectivity index (χ1) is 10.0.